The molecule has 2 aliphatic carbocycles. The van der Waals surface area contributed by atoms with Crippen molar-refractivity contribution in [1.82, 2.24) is 10.0 Å². The van der Waals surface area contributed by atoms with E-state index in [0.29, 0.717) is 42.5 Å². The fourth-order valence-electron chi connectivity index (χ4n) is 5.14. The molecule has 3 heterocycles. The van der Waals surface area contributed by atoms with Crippen molar-refractivity contribution in [3.63, 3.8) is 0 Å². The minimum atomic E-state index is -0.495. The van der Waals surface area contributed by atoms with Crippen molar-refractivity contribution in [3.8, 4) is 0 Å². The minimum absolute atomic E-state index is 0.0987. The second-order valence-electron chi connectivity index (χ2n) is 6.34. The lowest BCUT2D eigenvalue weighted by atomic mass is 9.94. The Morgan fingerprint density at radius 3 is 2.61 bits per heavy atom. The van der Waals surface area contributed by atoms with Crippen molar-refractivity contribution in [2.24, 2.45) is 22.1 Å². The van der Waals surface area contributed by atoms with Crippen LogP contribution >= 0.6 is 0 Å². The highest BCUT2D eigenvalue weighted by Gasteiger charge is 2.67. The van der Waals surface area contributed by atoms with Crippen LogP contribution in [0.25, 0.3) is 0 Å². The van der Waals surface area contributed by atoms with Gasteiger partial charge in [-0.25, -0.2) is 5.01 Å². The molecule has 0 bridgehead atoms. The van der Waals surface area contributed by atoms with E-state index in [-0.39, 0.29) is 12.3 Å². The molecule has 5 aliphatic rings. The zero-order valence-corrected chi connectivity index (χ0v) is 10.0. The highest BCUT2D eigenvalue weighted by Crippen LogP contribution is 2.57. The van der Waals surface area contributed by atoms with Crippen LogP contribution in [0.4, 0.5) is 0 Å². The van der Waals surface area contributed by atoms with Crippen molar-refractivity contribution in [3.05, 3.63) is 0 Å². The van der Waals surface area contributed by atoms with Gasteiger partial charge in [-0.15, -0.1) is 0 Å². The summed E-state index contributed by atoms with van der Waals surface area (Å²) in [6, 6.07) is 1.48. The lowest BCUT2D eigenvalue weighted by Crippen LogP contribution is -2.55. The molecule has 1 amide bonds. The summed E-state index contributed by atoms with van der Waals surface area (Å²) in [5.41, 5.74) is 0. The average molecular weight is 248 g/mol. The standard InChI is InChI=1S/C12H16N4O2/c17-5-1-10(18)16-9-3-7-11-6(13-14-7)2-8(12(9)11)15(16)4-5/h5-9,11-12,17H,1-4H2/t5?,6-,7+,8+,9-,11+,12-/m1/s1. The second-order valence-corrected chi connectivity index (χ2v) is 6.34. The van der Waals surface area contributed by atoms with Crippen molar-refractivity contribution in [1.29, 1.82) is 0 Å². The number of hydrogen-bond acceptors (Lipinski definition) is 5. The monoisotopic (exact) mass is 248 g/mol. The predicted molar refractivity (Wildman–Crippen MR) is 60.4 cm³/mol. The van der Waals surface area contributed by atoms with Crippen LogP contribution in [0.3, 0.4) is 0 Å². The van der Waals surface area contributed by atoms with Gasteiger partial charge in [0.2, 0.25) is 5.91 Å². The summed E-state index contributed by atoms with van der Waals surface area (Å²) in [5, 5.41) is 22.7. The summed E-state index contributed by atoms with van der Waals surface area (Å²) in [4.78, 5) is 12.2. The van der Waals surface area contributed by atoms with Gasteiger partial charge in [-0.05, 0) is 12.8 Å². The Hall–Kier alpha value is -1.01. The lowest BCUT2D eigenvalue weighted by Gasteiger charge is -2.40. The largest absolute Gasteiger partial charge is 0.391 e. The predicted octanol–water partition coefficient (Wildman–Crippen LogP) is -0.210. The van der Waals surface area contributed by atoms with E-state index in [0.717, 1.165) is 12.8 Å². The summed E-state index contributed by atoms with van der Waals surface area (Å²) in [6.45, 7) is 0.616. The fourth-order valence-corrected chi connectivity index (χ4v) is 5.14. The molecule has 0 aromatic rings. The molecule has 6 heteroatoms. The maximum atomic E-state index is 12.2. The number of rotatable bonds is 0. The number of nitrogens with zero attached hydrogens (tertiary/aromatic N) is 4. The molecule has 1 N–H and O–H groups in total. The summed E-state index contributed by atoms with van der Waals surface area (Å²) >= 11 is 0. The van der Waals surface area contributed by atoms with Gasteiger partial charge in [-0.3, -0.25) is 9.80 Å². The van der Waals surface area contributed by atoms with Crippen LogP contribution < -0.4 is 0 Å². The van der Waals surface area contributed by atoms with Crippen molar-refractivity contribution < 1.29 is 9.90 Å². The first kappa shape index (κ1) is 9.86. The summed E-state index contributed by atoms with van der Waals surface area (Å²) in [6.07, 6.45) is 1.78. The first-order chi connectivity index (χ1) is 8.74. The van der Waals surface area contributed by atoms with Crippen LogP contribution in [0.5, 0.6) is 0 Å². The number of hydrazine groups is 1. The van der Waals surface area contributed by atoms with Gasteiger partial charge in [0.1, 0.15) is 0 Å². The van der Waals surface area contributed by atoms with E-state index in [1.54, 1.807) is 0 Å². The third-order valence-corrected chi connectivity index (χ3v) is 5.59. The molecule has 4 fully saturated rings. The van der Waals surface area contributed by atoms with E-state index in [4.69, 9.17) is 0 Å². The Balaban J connectivity index is 1.59. The minimum Gasteiger partial charge on any atom is -0.391 e. The number of aliphatic hydroxyl groups excluding tert-OH is 1. The van der Waals surface area contributed by atoms with Crippen LogP contribution in [-0.2, 0) is 4.79 Å². The molecule has 1 unspecified atom stereocenters. The van der Waals surface area contributed by atoms with Gasteiger partial charge in [0.05, 0.1) is 30.7 Å². The van der Waals surface area contributed by atoms with Gasteiger partial charge in [-0.1, -0.05) is 0 Å². The van der Waals surface area contributed by atoms with Gasteiger partial charge in [0.25, 0.3) is 0 Å². The molecule has 96 valence electrons. The van der Waals surface area contributed by atoms with Crippen LogP contribution in [0, 0.1) is 11.8 Å². The molecule has 0 aromatic heterocycles. The molecule has 2 saturated carbocycles. The Labute approximate surface area is 105 Å². The lowest BCUT2D eigenvalue weighted by molar-refractivity contribution is -0.165. The van der Waals surface area contributed by atoms with E-state index in [1.165, 1.54) is 0 Å². The summed E-state index contributed by atoms with van der Waals surface area (Å²) < 4.78 is 0. The number of carbonyl (C=O) groups is 1. The van der Waals surface area contributed by atoms with Gasteiger partial charge in [0, 0.05) is 24.4 Å². The third kappa shape index (κ3) is 0.936. The highest BCUT2D eigenvalue weighted by molar-refractivity contribution is 5.78. The van der Waals surface area contributed by atoms with Gasteiger partial charge in [-0.2, -0.15) is 10.2 Å². The SMILES string of the molecule is O=C1CC(O)CN2[C@H]3C[C@H]4N=N[C@H]5C[C@H]([C@@H]3[C@H]54)N12. The Morgan fingerprint density at radius 2 is 1.83 bits per heavy atom. The Morgan fingerprint density at radius 1 is 1.11 bits per heavy atom. The molecule has 3 aliphatic heterocycles. The van der Waals surface area contributed by atoms with Crippen LogP contribution in [-0.4, -0.2) is 57.8 Å². The molecule has 5 rings (SSSR count). The quantitative estimate of drug-likeness (QED) is 0.645. The fraction of sp³-hybridized carbons (Fsp3) is 0.917. The molecule has 6 nitrogen and oxygen atoms in total. The molecule has 7 atom stereocenters. The smallest absolute Gasteiger partial charge is 0.239 e. The van der Waals surface area contributed by atoms with E-state index < -0.39 is 6.10 Å². The molecular weight excluding hydrogens is 232 g/mol. The zero-order chi connectivity index (χ0) is 12.0. The first-order valence-corrected chi connectivity index (χ1v) is 6.90. The number of aliphatic hydroxyl groups is 1. The maximum Gasteiger partial charge on any atom is 0.239 e. The second kappa shape index (κ2) is 2.93. The van der Waals surface area contributed by atoms with Gasteiger partial charge >= 0.3 is 0 Å². The van der Waals surface area contributed by atoms with Crippen molar-refractivity contribution in [2.45, 2.75) is 49.5 Å². The van der Waals surface area contributed by atoms with Crippen LogP contribution in [0.2, 0.25) is 0 Å². The molecule has 0 radical (unpaired) electrons. The molecule has 18 heavy (non-hydrogen) atoms. The molecule has 0 spiro atoms. The van der Waals surface area contributed by atoms with E-state index in [2.05, 4.69) is 15.2 Å². The van der Waals surface area contributed by atoms with E-state index in [1.807, 2.05) is 5.01 Å². The number of fused-ring (bicyclic) bond motifs is 3. The number of azo groups is 1. The van der Waals surface area contributed by atoms with Crippen LogP contribution in [0.15, 0.2) is 10.2 Å². The topological polar surface area (TPSA) is 68.5 Å². The van der Waals surface area contributed by atoms with Crippen LogP contribution in [0.1, 0.15) is 19.3 Å². The maximum absolute atomic E-state index is 12.2. The average Bonchev–Trinajstić information content (AvgIpc) is 2.98. The molecule has 0 aromatic carbocycles. The molecular formula is C12H16N4O2. The zero-order valence-electron chi connectivity index (χ0n) is 10.0. The first-order valence-electron chi connectivity index (χ1n) is 6.90. The van der Waals surface area contributed by atoms with E-state index >= 15 is 0 Å². The van der Waals surface area contributed by atoms with E-state index in [9.17, 15) is 9.90 Å². The van der Waals surface area contributed by atoms with Crippen molar-refractivity contribution in [2.75, 3.05) is 6.54 Å². The summed E-state index contributed by atoms with van der Waals surface area (Å²) in [7, 11) is 0. The normalized spacial score (nSPS) is 56.4. The highest BCUT2D eigenvalue weighted by atomic mass is 16.3. The van der Waals surface area contributed by atoms with Gasteiger partial charge in [0.15, 0.2) is 0 Å². The van der Waals surface area contributed by atoms with Crippen molar-refractivity contribution >= 4 is 5.91 Å². The number of hydrogen-bond donors (Lipinski definition) is 1. The number of carbonyl (C=O) groups excluding carboxylic acids is 1. The number of amides is 1. The summed E-state index contributed by atoms with van der Waals surface area (Å²) in [5.74, 6) is 1.21. The molecule has 2 saturated heterocycles. The third-order valence-electron chi connectivity index (χ3n) is 5.59. The Kier molecular flexibility index (Phi) is 1.61. The van der Waals surface area contributed by atoms with Gasteiger partial charge < -0.3 is 5.11 Å². The Bertz CT molecular complexity index is 467.